The van der Waals surface area contributed by atoms with Gasteiger partial charge in [-0.15, -0.1) is 22.7 Å². The molecule has 1 saturated heterocycles. The van der Waals surface area contributed by atoms with Crippen molar-refractivity contribution in [3.63, 3.8) is 0 Å². The van der Waals surface area contributed by atoms with Gasteiger partial charge in [0.05, 0.1) is 15.0 Å². The lowest BCUT2D eigenvalue weighted by Crippen LogP contribution is -2.23. The summed E-state index contributed by atoms with van der Waals surface area (Å²) in [4.78, 5) is 4.66. The fraction of sp³-hybridized carbons (Fsp3) is 0.417. The lowest BCUT2D eigenvalue weighted by Gasteiger charge is -2.06. The molecule has 2 nitrogen and oxygen atoms in total. The van der Waals surface area contributed by atoms with Gasteiger partial charge in [-0.2, -0.15) is 0 Å². The predicted molar refractivity (Wildman–Crippen MR) is 80.2 cm³/mol. The van der Waals surface area contributed by atoms with Crippen LogP contribution in [0.5, 0.6) is 0 Å². The van der Waals surface area contributed by atoms with Crippen LogP contribution in [0.4, 0.5) is 0 Å². The Kier molecular flexibility index (Phi) is 3.91. The first-order valence-corrected chi connectivity index (χ1v) is 8.30. The quantitative estimate of drug-likeness (QED) is 0.903. The maximum atomic E-state index is 6.15. The average Bonchev–Trinajstić information content (AvgIpc) is 3.01. The summed E-state index contributed by atoms with van der Waals surface area (Å²) in [7, 11) is 0. The summed E-state index contributed by atoms with van der Waals surface area (Å²) in [6.45, 7) is 1.13. The highest BCUT2D eigenvalue weighted by Gasteiger charge is 2.17. The van der Waals surface area contributed by atoms with Crippen molar-refractivity contribution in [2.24, 2.45) is 0 Å². The van der Waals surface area contributed by atoms with Crippen molar-refractivity contribution in [1.29, 1.82) is 0 Å². The molecule has 0 amide bonds. The molecule has 2 aromatic heterocycles. The summed E-state index contributed by atoms with van der Waals surface area (Å²) < 4.78 is 1.43. The maximum Gasteiger partial charge on any atom is 0.104 e. The van der Waals surface area contributed by atoms with E-state index in [9.17, 15) is 0 Å². The Morgan fingerprint density at radius 1 is 1.44 bits per heavy atom. The van der Waals surface area contributed by atoms with Crippen LogP contribution in [0.1, 0.15) is 17.8 Å². The number of rotatable bonds is 3. The van der Waals surface area contributed by atoms with Gasteiger partial charge < -0.3 is 5.32 Å². The third-order valence-electron chi connectivity index (χ3n) is 3.07. The van der Waals surface area contributed by atoms with E-state index in [0.29, 0.717) is 10.4 Å². The Morgan fingerprint density at radius 2 is 2.33 bits per heavy atom. The second-order valence-electron chi connectivity index (χ2n) is 4.36. The minimum Gasteiger partial charge on any atom is -0.314 e. The molecule has 1 unspecified atom stereocenters. The van der Waals surface area contributed by atoms with Crippen LogP contribution in [0.25, 0.3) is 11.3 Å². The molecule has 0 bridgehead atoms. The van der Waals surface area contributed by atoms with E-state index >= 15 is 0 Å². The maximum absolute atomic E-state index is 6.15. The summed E-state index contributed by atoms with van der Waals surface area (Å²) >= 11 is 15.2. The van der Waals surface area contributed by atoms with E-state index in [1.807, 2.05) is 6.07 Å². The molecule has 0 saturated carbocycles. The van der Waals surface area contributed by atoms with E-state index in [4.69, 9.17) is 23.2 Å². The lowest BCUT2D eigenvalue weighted by molar-refractivity contribution is 0.601. The van der Waals surface area contributed by atoms with Gasteiger partial charge in [-0.1, -0.05) is 23.2 Å². The molecule has 0 spiro atoms. The molecule has 1 aliphatic rings. The molecule has 1 N–H and O–H groups in total. The second kappa shape index (κ2) is 5.47. The van der Waals surface area contributed by atoms with Crippen LogP contribution < -0.4 is 5.32 Å². The minimum atomic E-state index is 0.588. The highest BCUT2D eigenvalue weighted by Crippen LogP contribution is 2.38. The van der Waals surface area contributed by atoms with Crippen molar-refractivity contribution in [2.45, 2.75) is 25.3 Å². The van der Waals surface area contributed by atoms with Crippen LogP contribution >= 0.6 is 45.9 Å². The fourth-order valence-electron chi connectivity index (χ4n) is 2.18. The number of halogens is 2. The van der Waals surface area contributed by atoms with Gasteiger partial charge in [0.15, 0.2) is 0 Å². The van der Waals surface area contributed by atoms with E-state index < -0.39 is 0 Å². The van der Waals surface area contributed by atoms with Crippen molar-refractivity contribution in [1.82, 2.24) is 10.3 Å². The molecule has 0 aliphatic carbocycles. The number of thiophene rings is 1. The highest BCUT2D eigenvalue weighted by molar-refractivity contribution is 7.20. The molecule has 0 radical (unpaired) electrons. The number of hydrogen-bond donors (Lipinski definition) is 1. The molecule has 2 aromatic rings. The number of nitrogens with one attached hydrogen (secondary N) is 1. The monoisotopic (exact) mass is 318 g/mol. The number of aromatic nitrogens is 1. The van der Waals surface area contributed by atoms with Crippen molar-refractivity contribution in [3.8, 4) is 11.3 Å². The van der Waals surface area contributed by atoms with Crippen molar-refractivity contribution in [3.05, 3.63) is 25.1 Å². The SMILES string of the molecule is Clc1cc(-c2csc(CC3CCCN3)n2)c(Cl)s1. The molecule has 18 heavy (non-hydrogen) atoms. The Balaban J connectivity index is 1.78. The fourth-order valence-corrected chi connectivity index (χ4v) is 4.54. The smallest absolute Gasteiger partial charge is 0.104 e. The molecule has 6 heteroatoms. The Labute approximate surface area is 124 Å². The zero-order valence-electron chi connectivity index (χ0n) is 9.58. The van der Waals surface area contributed by atoms with Gasteiger partial charge in [0.2, 0.25) is 0 Å². The Bertz CT molecular complexity index is 544. The van der Waals surface area contributed by atoms with Gasteiger partial charge in [-0.3, -0.25) is 0 Å². The molecule has 1 fully saturated rings. The van der Waals surface area contributed by atoms with E-state index in [1.54, 1.807) is 11.3 Å². The standard InChI is InChI=1S/C12H12Cl2N2S2/c13-10-5-8(12(14)18-10)9-6-17-11(16-9)4-7-2-1-3-15-7/h5-7,15H,1-4H2. The molecule has 0 aromatic carbocycles. The molecule has 3 rings (SSSR count). The third kappa shape index (κ3) is 2.73. The lowest BCUT2D eigenvalue weighted by atomic mass is 10.2. The van der Waals surface area contributed by atoms with E-state index in [2.05, 4.69) is 15.7 Å². The van der Waals surface area contributed by atoms with Crippen LogP contribution in [-0.4, -0.2) is 17.6 Å². The first-order valence-electron chi connectivity index (χ1n) is 5.85. The summed E-state index contributed by atoms with van der Waals surface area (Å²) in [5, 5.41) is 6.72. The zero-order chi connectivity index (χ0) is 12.5. The van der Waals surface area contributed by atoms with Crippen LogP contribution in [0, 0.1) is 0 Å². The van der Waals surface area contributed by atoms with Gasteiger partial charge in [0.1, 0.15) is 4.34 Å². The first kappa shape index (κ1) is 12.9. The van der Waals surface area contributed by atoms with Gasteiger partial charge in [0, 0.05) is 23.4 Å². The van der Waals surface area contributed by atoms with Crippen LogP contribution in [-0.2, 0) is 6.42 Å². The van der Waals surface area contributed by atoms with Crippen LogP contribution in [0.2, 0.25) is 8.67 Å². The molecule has 96 valence electrons. The number of hydrogen-bond acceptors (Lipinski definition) is 4. The largest absolute Gasteiger partial charge is 0.314 e. The van der Waals surface area contributed by atoms with E-state index in [-0.39, 0.29) is 0 Å². The summed E-state index contributed by atoms with van der Waals surface area (Å²) in [6.07, 6.45) is 3.54. The van der Waals surface area contributed by atoms with Gasteiger partial charge in [0.25, 0.3) is 0 Å². The highest BCUT2D eigenvalue weighted by atomic mass is 35.5. The van der Waals surface area contributed by atoms with Gasteiger partial charge in [-0.05, 0) is 25.5 Å². The zero-order valence-corrected chi connectivity index (χ0v) is 12.7. The molecular formula is C12H12Cl2N2S2. The Morgan fingerprint density at radius 3 is 3.00 bits per heavy atom. The number of thiazole rings is 1. The van der Waals surface area contributed by atoms with Gasteiger partial charge in [-0.25, -0.2) is 4.98 Å². The summed E-state index contributed by atoms with van der Waals surface area (Å²) in [5.41, 5.74) is 1.90. The summed E-state index contributed by atoms with van der Waals surface area (Å²) in [5.74, 6) is 0. The van der Waals surface area contributed by atoms with Crippen molar-refractivity contribution < 1.29 is 0 Å². The van der Waals surface area contributed by atoms with Crippen molar-refractivity contribution in [2.75, 3.05) is 6.54 Å². The van der Waals surface area contributed by atoms with Crippen molar-refractivity contribution >= 4 is 45.9 Å². The average molecular weight is 319 g/mol. The Hall–Kier alpha value is -0.130. The topological polar surface area (TPSA) is 24.9 Å². The van der Waals surface area contributed by atoms with Crippen LogP contribution in [0.15, 0.2) is 11.4 Å². The minimum absolute atomic E-state index is 0.588. The molecular weight excluding hydrogens is 307 g/mol. The molecule has 1 aliphatic heterocycles. The van der Waals surface area contributed by atoms with E-state index in [0.717, 1.165) is 28.6 Å². The normalized spacial score (nSPS) is 19.6. The summed E-state index contributed by atoms with van der Waals surface area (Å²) in [6, 6.07) is 2.48. The molecule has 3 heterocycles. The van der Waals surface area contributed by atoms with Crippen LogP contribution in [0.3, 0.4) is 0 Å². The third-order valence-corrected chi connectivity index (χ3v) is 5.43. The first-order chi connectivity index (χ1) is 8.72. The van der Waals surface area contributed by atoms with Gasteiger partial charge >= 0.3 is 0 Å². The van der Waals surface area contributed by atoms with E-state index in [1.165, 1.54) is 29.2 Å². The number of nitrogens with zero attached hydrogens (tertiary/aromatic N) is 1. The molecule has 1 atom stereocenters. The second-order valence-corrected chi connectivity index (χ2v) is 7.59. The predicted octanol–water partition coefficient (Wildman–Crippen LogP) is 4.47.